The summed E-state index contributed by atoms with van der Waals surface area (Å²) in [7, 11) is -4.67. The van der Waals surface area contributed by atoms with Crippen LogP contribution in [0, 0.1) is 0 Å². The van der Waals surface area contributed by atoms with Crippen LogP contribution in [0.1, 0.15) is 0 Å². The van der Waals surface area contributed by atoms with Gasteiger partial charge in [-0.2, -0.15) is 8.42 Å². The summed E-state index contributed by atoms with van der Waals surface area (Å²) in [5.41, 5.74) is 0. The Hall–Kier alpha value is 2.91. The van der Waals surface area contributed by atoms with Crippen molar-refractivity contribution >= 4 is 89.1 Å². The second kappa shape index (κ2) is 13.5. The molecule has 9 heteroatoms. The monoisotopic (exact) mass is 417 g/mol. The van der Waals surface area contributed by atoms with E-state index in [4.69, 9.17) is 17.5 Å². The molecule has 0 atom stereocenters. The summed E-state index contributed by atoms with van der Waals surface area (Å²) < 4.78 is 31.6. The van der Waals surface area contributed by atoms with Crippen LogP contribution in [0.5, 0.6) is 0 Å². The molecule has 0 fully saturated rings. The molecule has 0 aliphatic rings. The molecule has 0 heterocycles. The van der Waals surface area contributed by atoms with Gasteiger partial charge in [-0.25, -0.2) is 0 Å². The zero-order valence-corrected chi connectivity index (χ0v) is 9.96. The van der Waals surface area contributed by atoms with E-state index in [2.05, 4.69) is 0 Å². The van der Waals surface area contributed by atoms with Crippen molar-refractivity contribution in [3.05, 3.63) is 0 Å². The van der Waals surface area contributed by atoms with Crippen molar-refractivity contribution in [2.45, 2.75) is 0 Å². The first-order chi connectivity index (χ1) is 2.00. The Kier molecular flexibility index (Phi) is 44.5. The molecular weight excluding hydrogens is 411 g/mol. The molecule has 0 unspecified atom stereocenters. The maximum Gasteiger partial charge on any atom is 0 e. The molecule has 0 saturated carbocycles. The van der Waals surface area contributed by atoms with Gasteiger partial charge < -0.3 is 5.48 Å². The third kappa shape index (κ3) is 102. The Labute approximate surface area is 126 Å². The molecule has 0 aliphatic carbocycles. The van der Waals surface area contributed by atoms with E-state index in [1.165, 1.54) is 0 Å². The smallest absolute Gasteiger partial charge is 0 e. The van der Waals surface area contributed by atoms with Crippen molar-refractivity contribution in [3.8, 4) is 0 Å². The van der Waals surface area contributed by atoms with Crippen LogP contribution >= 0.6 is 0 Å². The fourth-order valence-corrected chi connectivity index (χ4v) is 0. The maximum absolute atomic E-state index is 8.74. The van der Waals surface area contributed by atoms with Gasteiger partial charge in [0.2, 0.25) is 0 Å². The van der Waals surface area contributed by atoms with Crippen LogP contribution in [0.3, 0.4) is 0 Å². The van der Waals surface area contributed by atoms with Crippen LogP contribution in [-0.4, -0.2) is 102 Å². The molecule has 0 rings (SSSR count). The van der Waals surface area contributed by atoms with E-state index in [9.17, 15) is 0 Å². The van der Waals surface area contributed by atoms with Crippen LogP contribution in [0.2, 0.25) is 0 Å². The van der Waals surface area contributed by atoms with E-state index < -0.39 is 10.4 Å². The predicted octanol–water partition coefficient (Wildman–Crippen LogP) is -2.51. The fourth-order valence-electron chi connectivity index (χ4n) is 0. The summed E-state index contributed by atoms with van der Waals surface area (Å²) in [4.78, 5) is 0. The Morgan fingerprint density at radius 2 is 1.11 bits per heavy atom. The minimum absolute atomic E-state index is 0. The zero-order chi connectivity index (χ0) is 4.50. The first-order valence-corrected chi connectivity index (χ1v) is 2.10. The number of rotatable bonds is 0. The Morgan fingerprint density at radius 1 is 1.11 bits per heavy atom. The van der Waals surface area contributed by atoms with Gasteiger partial charge >= 0.3 is 61.8 Å². The molecule has 0 aromatic carbocycles. The molecule has 4 N–H and O–H groups in total. The second-order valence-electron chi connectivity index (χ2n) is 0.448. The van der Waals surface area contributed by atoms with Crippen molar-refractivity contribution in [2.24, 2.45) is 0 Å². The Bertz CT molecular complexity index is 100. The van der Waals surface area contributed by atoms with Gasteiger partial charge in [-0.15, -0.1) is 0 Å². The standard InChI is InChI=1S/Fe.K.H2O4S.H2O.Tl.H/c;;1-5(2,3)4;;;/h;;(H2,1,2,3,4);1H2;;. The van der Waals surface area contributed by atoms with Gasteiger partial charge in [0.15, 0.2) is 0 Å². The van der Waals surface area contributed by atoms with Gasteiger partial charge in [-0.1, -0.05) is 0 Å². The van der Waals surface area contributed by atoms with Crippen molar-refractivity contribution in [1.29, 1.82) is 0 Å². The third-order valence-electron chi connectivity index (χ3n) is 0. The van der Waals surface area contributed by atoms with E-state index in [0.717, 1.165) is 0 Å². The Balaban J connectivity index is -0.0000000133. The second-order valence-corrected chi connectivity index (χ2v) is 1.34. The molecule has 0 bridgehead atoms. The van der Waals surface area contributed by atoms with Gasteiger partial charge in [0.1, 0.15) is 0 Å². The number of hydrogen-bond donors (Lipinski definition) is 2. The minimum Gasteiger partial charge on any atom is 0 e. The van der Waals surface area contributed by atoms with Crippen LogP contribution in [-0.2, 0) is 27.5 Å². The van der Waals surface area contributed by atoms with E-state index in [1.54, 1.807) is 0 Å². The number of hydrogen-bond acceptors (Lipinski definition) is 2. The summed E-state index contributed by atoms with van der Waals surface area (Å²) in [6, 6.07) is 0. The third-order valence-corrected chi connectivity index (χ3v) is 0. The van der Waals surface area contributed by atoms with Crippen molar-refractivity contribution in [3.63, 3.8) is 0 Å². The van der Waals surface area contributed by atoms with Crippen molar-refractivity contribution in [1.82, 2.24) is 0 Å². The average Bonchev–Trinajstić information content (AvgIpc) is 0.722. The average molecular weight is 416 g/mol. The first-order valence-electron chi connectivity index (χ1n) is 0.698. The van der Waals surface area contributed by atoms with Crippen LogP contribution in [0.25, 0.3) is 0 Å². The predicted molar refractivity (Wildman–Crippen MR) is 30.7 cm³/mol. The molecular formula is H5FeKO5STl. The molecule has 0 aromatic heterocycles. The molecule has 0 amide bonds. The zero-order valence-electron chi connectivity index (χ0n) is 3.55. The topological polar surface area (TPSA) is 106 Å². The minimum atomic E-state index is -4.67. The quantitative estimate of drug-likeness (QED) is 0.336. The van der Waals surface area contributed by atoms with Crippen molar-refractivity contribution in [2.75, 3.05) is 0 Å². The molecule has 9 heavy (non-hydrogen) atoms. The van der Waals surface area contributed by atoms with Gasteiger partial charge in [0.25, 0.3) is 0 Å². The van der Waals surface area contributed by atoms with E-state index in [1.807, 2.05) is 0 Å². The van der Waals surface area contributed by atoms with Crippen LogP contribution < -0.4 is 0 Å². The summed E-state index contributed by atoms with van der Waals surface area (Å²) in [6.07, 6.45) is 0. The van der Waals surface area contributed by atoms with E-state index in [-0.39, 0.29) is 101 Å². The first kappa shape index (κ1) is 29.7. The largest absolute Gasteiger partial charge is 0 e. The van der Waals surface area contributed by atoms with Crippen LogP contribution in [0.4, 0.5) is 0 Å². The van der Waals surface area contributed by atoms with Gasteiger partial charge in [0.05, 0.1) is 0 Å². The summed E-state index contributed by atoms with van der Waals surface area (Å²) in [5.74, 6) is 0. The normalized spacial score (nSPS) is 6.44. The van der Waals surface area contributed by atoms with E-state index >= 15 is 0 Å². The van der Waals surface area contributed by atoms with Gasteiger partial charge in [0, 0.05) is 44.4 Å². The van der Waals surface area contributed by atoms with Crippen molar-refractivity contribution < 1.29 is 40.1 Å². The fraction of sp³-hybridized carbons (Fsp3) is 0. The summed E-state index contributed by atoms with van der Waals surface area (Å²) >= 11 is 0. The maximum atomic E-state index is 8.74. The molecule has 0 saturated heterocycles. The molecule has 0 spiro atoms. The molecule has 1 radical (unpaired) electrons. The Morgan fingerprint density at radius 3 is 1.11 bits per heavy atom. The SMILES string of the molecule is O.O=S(=O)(O)O.[Fe].[KH].[Tl]. The summed E-state index contributed by atoms with van der Waals surface area (Å²) in [5, 5.41) is 0. The molecule has 0 aliphatic heterocycles. The van der Waals surface area contributed by atoms with Gasteiger partial charge in [-0.3, -0.25) is 9.11 Å². The molecule has 53 valence electrons. The van der Waals surface area contributed by atoms with Crippen LogP contribution in [0.15, 0.2) is 0 Å². The summed E-state index contributed by atoms with van der Waals surface area (Å²) in [6.45, 7) is 0. The van der Waals surface area contributed by atoms with Gasteiger partial charge in [-0.05, 0) is 0 Å². The molecule has 0 aromatic rings. The molecule has 5 nitrogen and oxygen atoms in total. The van der Waals surface area contributed by atoms with E-state index in [0.29, 0.717) is 0 Å².